The zero-order chi connectivity index (χ0) is 22.7. The second-order valence-corrected chi connectivity index (χ2v) is 9.98. The summed E-state index contributed by atoms with van der Waals surface area (Å²) in [6.45, 7) is 5.05. The van der Waals surface area contributed by atoms with Crippen molar-refractivity contribution in [2.75, 3.05) is 46.0 Å². The number of fused-ring (bicyclic) bond motifs is 1. The Morgan fingerprint density at radius 3 is 2.70 bits per heavy atom. The highest BCUT2D eigenvalue weighted by Gasteiger charge is 2.35. The van der Waals surface area contributed by atoms with Gasteiger partial charge in [-0.15, -0.1) is 0 Å². The summed E-state index contributed by atoms with van der Waals surface area (Å²) in [5.74, 6) is 0.832. The number of benzene rings is 1. The third-order valence-corrected chi connectivity index (χ3v) is 7.58. The molecule has 7 heteroatoms. The van der Waals surface area contributed by atoms with E-state index in [1.807, 2.05) is 18.2 Å². The highest BCUT2D eigenvalue weighted by atomic mass is 16.6. The van der Waals surface area contributed by atoms with Crippen LogP contribution in [-0.4, -0.2) is 68.0 Å². The zero-order valence-corrected chi connectivity index (χ0v) is 19.4. The number of amides is 1. The van der Waals surface area contributed by atoms with E-state index in [9.17, 15) is 9.90 Å². The Kier molecular flexibility index (Phi) is 7.02. The normalized spacial score (nSPS) is 24.7. The maximum Gasteiger partial charge on any atom is 0.287 e. The van der Waals surface area contributed by atoms with Gasteiger partial charge in [0.05, 0.1) is 31.5 Å². The number of hydrogen-bond donors (Lipinski definition) is 2. The highest BCUT2D eigenvalue weighted by molar-refractivity contribution is 5.96. The molecule has 2 saturated heterocycles. The number of nitrogens with zero attached hydrogens (tertiary/aromatic N) is 1. The van der Waals surface area contributed by atoms with E-state index in [-0.39, 0.29) is 17.8 Å². The van der Waals surface area contributed by atoms with E-state index in [0.717, 1.165) is 42.8 Å². The molecule has 7 nitrogen and oxygen atoms in total. The first-order valence-electron chi connectivity index (χ1n) is 12.6. The lowest BCUT2D eigenvalue weighted by atomic mass is 9.83. The minimum atomic E-state index is -0.824. The van der Waals surface area contributed by atoms with Crippen LogP contribution in [0.1, 0.15) is 61.1 Å². The van der Waals surface area contributed by atoms with E-state index in [2.05, 4.69) is 10.2 Å². The van der Waals surface area contributed by atoms with E-state index < -0.39 is 5.60 Å². The summed E-state index contributed by atoms with van der Waals surface area (Å²) < 4.78 is 16.7. The van der Waals surface area contributed by atoms with Crippen molar-refractivity contribution >= 4 is 16.9 Å². The molecule has 180 valence electrons. The van der Waals surface area contributed by atoms with Crippen molar-refractivity contribution in [1.82, 2.24) is 10.2 Å². The van der Waals surface area contributed by atoms with E-state index >= 15 is 0 Å². The summed E-state index contributed by atoms with van der Waals surface area (Å²) >= 11 is 0. The Balaban J connectivity index is 1.19. The lowest BCUT2D eigenvalue weighted by Crippen LogP contribution is -2.44. The summed E-state index contributed by atoms with van der Waals surface area (Å²) in [4.78, 5) is 15.1. The van der Waals surface area contributed by atoms with Gasteiger partial charge >= 0.3 is 0 Å². The lowest BCUT2D eigenvalue weighted by molar-refractivity contribution is -0.0856. The topological polar surface area (TPSA) is 84.2 Å². The second kappa shape index (κ2) is 10.1. The molecule has 1 aromatic carbocycles. The average molecular weight is 457 g/mol. The monoisotopic (exact) mass is 456 g/mol. The molecule has 0 unspecified atom stereocenters. The van der Waals surface area contributed by atoms with Crippen LogP contribution in [-0.2, 0) is 15.1 Å². The van der Waals surface area contributed by atoms with Crippen LogP contribution in [0.2, 0.25) is 0 Å². The third-order valence-electron chi connectivity index (χ3n) is 7.58. The SMILES string of the molecule is O=C(NC[C@@H]1COCCO1)c1cc2cc(C3(O)CCN(CC4CCCCC4)CC3)ccc2o1. The van der Waals surface area contributed by atoms with Crippen molar-refractivity contribution in [3.8, 4) is 0 Å². The number of furan rings is 1. The van der Waals surface area contributed by atoms with E-state index in [0.29, 0.717) is 31.9 Å². The van der Waals surface area contributed by atoms with Gasteiger partial charge in [-0.05, 0) is 55.4 Å². The minimum absolute atomic E-state index is 0.128. The molecule has 1 aromatic heterocycles. The minimum Gasteiger partial charge on any atom is -0.451 e. The Bertz CT molecular complexity index is 937. The number of ether oxygens (including phenoxy) is 2. The summed E-state index contributed by atoms with van der Waals surface area (Å²) in [5, 5.41) is 15.1. The van der Waals surface area contributed by atoms with Crippen molar-refractivity contribution in [3.63, 3.8) is 0 Å². The van der Waals surface area contributed by atoms with Crippen LogP contribution in [0, 0.1) is 5.92 Å². The molecule has 0 radical (unpaired) electrons. The van der Waals surface area contributed by atoms with Gasteiger partial charge in [0.25, 0.3) is 5.91 Å². The van der Waals surface area contributed by atoms with Crippen molar-refractivity contribution in [1.29, 1.82) is 0 Å². The van der Waals surface area contributed by atoms with Gasteiger partial charge in [0.15, 0.2) is 5.76 Å². The molecule has 0 bridgehead atoms. The first-order valence-corrected chi connectivity index (χ1v) is 12.6. The Morgan fingerprint density at radius 2 is 1.94 bits per heavy atom. The Labute approximate surface area is 195 Å². The predicted octanol–water partition coefficient (Wildman–Crippen LogP) is 3.44. The van der Waals surface area contributed by atoms with Crippen molar-refractivity contribution in [2.45, 2.75) is 56.7 Å². The van der Waals surface area contributed by atoms with Crippen LogP contribution in [0.3, 0.4) is 0 Å². The molecule has 1 saturated carbocycles. The summed E-state index contributed by atoms with van der Waals surface area (Å²) in [5.41, 5.74) is 0.738. The molecule has 0 spiro atoms. The third kappa shape index (κ3) is 5.43. The molecule has 5 rings (SSSR count). The fourth-order valence-electron chi connectivity index (χ4n) is 5.52. The fourth-order valence-corrected chi connectivity index (χ4v) is 5.52. The second-order valence-electron chi connectivity index (χ2n) is 9.98. The molecule has 2 N–H and O–H groups in total. The number of carbonyl (C=O) groups excluding carboxylic acids is 1. The molecule has 3 fully saturated rings. The fraction of sp³-hybridized carbons (Fsp3) is 0.654. The van der Waals surface area contributed by atoms with Crippen molar-refractivity contribution in [2.24, 2.45) is 5.92 Å². The highest BCUT2D eigenvalue weighted by Crippen LogP contribution is 2.36. The first-order chi connectivity index (χ1) is 16.1. The molecule has 1 amide bonds. The van der Waals surface area contributed by atoms with E-state index in [4.69, 9.17) is 13.9 Å². The van der Waals surface area contributed by atoms with Crippen LogP contribution in [0.5, 0.6) is 0 Å². The number of nitrogens with one attached hydrogen (secondary N) is 1. The predicted molar refractivity (Wildman–Crippen MR) is 125 cm³/mol. The summed E-state index contributed by atoms with van der Waals surface area (Å²) in [7, 11) is 0. The summed E-state index contributed by atoms with van der Waals surface area (Å²) in [6.07, 6.45) is 8.19. The summed E-state index contributed by atoms with van der Waals surface area (Å²) in [6, 6.07) is 7.54. The molecular formula is C26H36N2O5. The molecule has 3 aliphatic rings. The molecule has 1 aliphatic carbocycles. The number of carbonyl (C=O) groups is 1. The van der Waals surface area contributed by atoms with Crippen LogP contribution in [0.15, 0.2) is 28.7 Å². The smallest absolute Gasteiger partial charge is 0.287 e. The van der Waals surface area contributed by atoms with Crippen molar-refractivity contribution in [3.05, 3.63) is 35.6 Å². The van der Waals surface area contributed by atoms with Crippen LogP contribution in [0.25, 0.3) is 11.0 Å². The molecule has 33 heavy (non-hydrogen) atoms. The Morgan fingerprint density at radius 1 is 1.12 bits per heavy atom. The number of likely N-dealkylation sites (tertiary alicyclic amines) is 1. The molecule has 2 aliphatic heterocycles. The van der Waals surface area contributed by atoms with Crippen LogP contribution < -0.4 is 5.32 Å². The van der Waals surface area contributed by atoms with Gasteiger partial charge < -0.3 is 29.2 Å². The van der Waals surface area contributed by atoms with Gasteiger partial charge in [0.2, 0.25) is 0 Å². The van der Waals surface area contributed by atoms with Gasteiger partial charge in [-0.1, -0.05) is 25.3 Å². The van der Waals surface area contributed by atoms with Crippen LogP contribution >= 0.6 is 0 Å². The van der Waals surface area contributed by atoms with Crippen LogP contribution in [0.4, 0.5) is 0 Å². The molecule has 2 aromatic rings. The lowest BCUT2D eigenvalue weighted by Gasteiger charge is -2.40. The van der Waals surface area contributed by atoms with Gasteiger partial charge in [0, 0.05) is 31.6 Å². The van der Waals surface area contributed by atoms with Gasteiger partial charge in [-0.2, -0.15) is 0 Å². The maximum atomic E-state index is 12.6. The van der Waals surface area contributed by atoms with E-state index in [1.54, 1.807) is 6.07 Å². The van der Waals surface area contributed by atoms with Crippen molar-refractivity contribution < 1.29 is 23.8 Å². The van der Waals surface area contributed by atoms with Gasteiger partial charge in [-0.3, -0.25) is 4.79 Å². The quantitative estimate of drug-likeness (QED) is 0.693. The maximum absolute atomic E-state index is 12.6. The Hall–Kier alpha value is -1.93. The molecular weight excluding hydrogens is 420 g/mol. The zero-order valence-electron chi connectivity index (χ0n) is 19.4. The number of aliphatic hydroxyl groups is 1. The number of hydrogen-bond acceptors (Lipinski definition) is 6. The number of rotatable bonds is 6. The number of piperidine rings is 1. The van der Waals surface area contributed by atoms with Gasteiger partial charge in [-0.25, -0.2) is 0 Å². The molecule has 3 heterocycles. The molecule has 1 atom stereocenters. The first kappa shape index (κ1) is 22.8. The van der Waals surface area contributed by atoms with Gasteiger partial charge in [0.1, 0.15) is 5.58 Å². The average Bonchev–Trinajstić information content (AvgIpc) is 3.29. The van der Waals surface area contributed by atoms with E-state index in [1.165, 1.54) is 38.6 Å². The largest absolute Gasteiger partial charge is 0.451 e. The standard InChI is InChI=1S/C26H36N2O5/c29-25(27-16-22-18-31-12-13-32-22)24-15-20-14-21(6-7-23(20)33-24)26(30)8-10-28(11-9-26)17-19-4-2-1-3-5-19/h6-7,14-15,19,22,30H,1-5,8-13,16-18H2,(H,27,29)/t22-/m1/s1.